The van der Waals surface area contributed by atoms with E-state index in [1.807, 2.05) is 5.32 Å². The average molecular weight is 540 g/mol. The summed E-state index contributed by atoms with van der Waals surface area (Å²) in [5, 5.41) is 13.0. The smallest absolute Gasteiger partial charge is 0.396 e. The molecule has 0 bridgehead atoms. The fourth-order valence-electron chi connectivity index (χ4n) is 3.36. The van der Waals surface area contributed by atoms with Crippen molar-refractivity contribution in [2.75, 3.05) is 29.9 Å². The van der Waals surface area contributed by atoms with E-state index in [2.05, 4.69) is 47.9 Å². The summed E-state index contributed by atoms with van der Waals surface area (Å²) in [5.41, 5.74) is 1.46. The molecule has 11 heteroatoms. The zero-order valence-corrected chi connectivity index (χ0v) is 22.8. The van der Waals surface area contributed by atoms with Crippen molar-refractivity contribution < 1.29 is 27.9 Å². The number of aromatic nitrogens is 2. The Hall–Kier alpha value is -3.21. The van der Waals surface area contributed by atoms with E-state index in [1.54, 1.807) is 37.4 Å². The van der Waals surface area contributed by atoms with Crippen LogP contribution in [0.25, 0.3) is 0 Å². The van der Waals surface area contributed by atoms with Crippen LogP contribution < -0.4 is 15.5 Å². The van der Waals surface area contributed by atoms with Crippen molar-refractivity contribution in [1.82, 2.24) is 15.3 Å². The molecule has 2 aromatic rings. The predicted octanol–water partition coefficient (Wildman–Crippen LogP) is 4.98. The van der Waals surface area contributed by atoms with Gasteiger partial charge in [-0.05, 0) is 55.9 Å². The Kier molecular flexibility index (Phi) is 14.3. The SMILES string of the molecule is CCC(C)C.Cc1nc(C(=O)NC(CCO)C(F)(F)F)ccc1N1CCC(C)C1.O=CNc1ccccn1. The third-order valence-corrected chi connectivity index (χ3v) is 5.86. The Balaban J connectivity index is 0.000000421. The van der Waals surface area contributed by atoms with Crippen LogP contribution in [-0.2, 0) is 4.79 Å². The first kappa shape index (κ1) is 32.8. The van der Waals surface area contributed by atoms with Gasteiger partial charge in [-0.2, -0.15) is 13.2 Å². The molecule has 8 nitrogen and oxygen atoms in total. The van der Waals surface area contributed by atoms with E-state index >= 15 is 0 Å². The number of aryl methyl sites for hydroxylation is 1. The molecule has 0 aromatic carbocycles. The molecule has 38 heavy (non-hydrogen) atoms. The average Bonchev–Trinajstić information content (AvgIpc) is 3.30. The number of carbonyl (C=O) groups is 2. The van der Waals surface area contributed by atoms with Gasteiger partial charge in [-0.15, -0.1) is 0 Å². The van der Waals surface area contributed by atoms with E-state index in [4.69, 9.17) is 5.11 Å². The Morgan fingerprint density at radius 2 is 1.95 bits per heavy atom. The molecule has 0 saturated carbocycles. The Labute approximate surface area is 223 Å². The lowest BCUT2D eigenvalue weighted by Gasteiger charge is -2.22. The summed E-state index contributed by atoms with van der Waals surface area (Å²) < 4.78 is 38.4. The Bertz CT molecular complexity index is 974. The van der Waals surface area contributed by atoms with E-state index in [-0.39, 0.29) is 5.69 Å². The van der Waals surface area contributed by atoms with Gasteiger partial charge in [-0.25, -0.2) is 9.97 Å². The summed E-state index contributed by atoms with van der Waals surface area (Å²) in [6, 6.07) is 6.39. The van der Waals surface area contributed by atoms with Crippen LogP contribution in [-0.4, -0.2) is 59.3 Å². The zero-order valence-electron chi connectivity index (χ0n) is 22.8. The monoisotopic (exact) mass is 539 g/mol. The highest BCUT2D eigenvalue weighted by atomic mass is 19.4. The minimum absolute atomic E-state index is 0.0596. The predicted molar refractivity (Wildman–Crippen MR) is 143 cm³/mol. The van der Waals surface area contributed by atoms with Gasteiger partial charge in [0.2, 0.25) is 6.41 Å². The molecule has 1 aliphatic heterocycles. The number of rotatable bonds is 8. The van der Waals surface area contributed by atoms with Crippen molar-refractivity contribution in [3.05, 3.63) is 47.9 Å². The largest absolute Gasteiger partial charge is 0.408 e. The third-order valence-electron chi connectivity index (χ3n) is 5.86. The number of hydrogen-bond acceptors (Lipinski definition) is 6. The minimum Gasteiger partial charge on any atom is -0.396 e. The first-order chi connectivity index (χ1) is 17.9. The molecule has 3 heterocycles. The van der Waals surface area contributed by atoms with Crippen LogP contribution in [0.1, 0.15) is 63.1 Å². The molecule has 0 radical (unpaired) electrons. The van der Waals surface area contributed by atoms with Crippen LogP contribution in [0.4, 0.5) is 24.7 Å². The van der Waals surface area contributed by atoms with Crippen molar-refractivity contribution in [3.8, 4) is 0 Å². The summed E-state index contributed by atoms with van der Waals surface area (Å²) in [4.78, 5) is 32.0. The number of aliphatic hydroxyl groups is 1. The van der Waals surface area contributed by atoms with Gasteiger partial charge in [0.05, 0.1) is 11.4 Å². The van der Waals surface area contributed by atoms with Crippen LogP contribution >= 0.6 is 0 Å². The number of pyridine rings is 2. The van der Waals surface area contributed by atoms with Crippen LogP contribution in [0.2, 0.25) is 0 Å². The van der Waals surface area contributed by atoms with Crippen LogP contribution in [0.15, 0.2) is 36.5 Å². The lowest BCUT2D eigenvalue weighted by molar-refractivity contribution is -0.156. The van der Waals surface area contributed by atoms with Gasteiger partial charge < -0.3 is 20.6 Å². The van der Waals surface area contributed by atoms with E-state index in [0.29, 0.717) is 23.8 Å². The van der Waals surface area contributed by atoms with Gasteiger partial charge in [0.25, 0.3) is 5.91 Å². The molecule has 1 fully saturated rings. The molecule has 212 valence electrons. The first-order valence-corrected chi connectivity index (χ1v) is 12.7. The van der Waals surface area contributed by atoms with Crippen molar-refractivity contribution in [2.24, 2.45) is 11.8 Å². The van der Waals surface area contributed by atoms with Gasteiger partial charge in [-0.1, -0.05) is 40.2 Å². The number of nitrogens with one attached hydrogen (secondary N) is 2. The molecule has 2 aromatic heterocycles. The summed E-state index contributed by atoms with van der Waals surface area (Å²) in [6.45, 7) is 11.7. The second-order valence-electron chi connectivity index (χ2n) is 9.50. The molecule has 1 aliphatic rings. The highest BCUT2D eigenvalue weighted by Crippen LogP contribution is 2.26. The summed E-state index contributed by atoms with van der Waals surface area (Å²) in [6.07, 6.45) is -0.596. The minimum atomic E-state index is -4.61. The number of alkyl halides is 3. The molecule has 0 spiro atoms. The van der Waals surface area contributed by atoms with Crippen LogP contribution in [0, 0.1) is 18.8 Å². The van der Waals surface area contributed by atoms with E-state index in [9.17, 15) is 22.8 Å². The highest BCUT2D eigenvalue weighted by molar-refractivity contribution is 5.93. The molecule has 2 amide bonds. The van der Waals surface area contributed by atoms with Crippen molar-refractivity contribution in [2.45, 2.75) is 66.1 Å². The molecular weight excluding hydrogens is 499 g/mol. The normalized spacial score (nSPS) is 15.5. The third kappa shape index (κ3) is 11.9. The van der Waals surface area contributed by atoms with Crippen LogP contribution in [0.3, 0.4) is 0 Å². The lowest BCUT2D eigenvalue weighted by atomic mass is 10.2. The van der Waals surface area contributed by atoms with Gasteiger partial charge in [0.1, 0.15) is 17.6 Å². The molecular formula is C27H40F3N5O3. The highest BCUT2D eigenvalue weighted by Gasteiger charge is 2.40. The zero-order chi connectivity index (χ0) is 28.7. The van der Waals surface area contributed by atoms with E-state index in [1.165, 1.54) is 12.5 Å². The molecule has 2 unspecified atom stereocenters. The molecule has 2 atom stereocenters. The molecule has 3 rings (SSSR count). The van der Waals surface area contributed by atoms with Crippen LogP contribution in [0.5, 0.6) is 0 Å². The number of halogens is 3. The molecule has 0 aliphatic carbocycles. The molecule has 1 saturated heterocycles. The van der Waals surface area contributed by atoms with Crippen molar-refractivity contribution in [1.29, 1.82) is 0 Å². The number of carbonyl (C=O) groups excluding carboxylic acids is 2. The van der Waals surface area contributed by atoms with E-state index < -0.39 is 31.2 Å². The first-order valence-electron chi connectivity index (χ1n) is 12.7. The topological polar surface area (TPSA) is 107 Å². The maximum absolute atomic E-state index is 12.8. The van der Waals surface area contributed by atoms with Gasteiger partial charge in [-0.3, -0.25) is 9.59 Å². The fourth-order valence-corrected chi connectivity index (χ4v) is 3.36. The van der Waals surface area contributed by atoms with Crippen molar-refractivity contribution >= 4 is 23.8 Å². The standard InChI is InChI=1S/C16H22F3N3O2.C6H6N2O.C5H12/c1-10-5-7-22(9-10)13-4-3-12(20-11(13)2)15(24)21-14(6-8-23)16(17,18)19;9-5-8-6-3-1-2-4-7-6;1-4-5(2)3/h3-4,10,14,23H,5-9H2,1-2H3,(H,21,24);1-5H,(H,7,8,9);5H,4H2,1-3H3. The Morgan fingerprint density at radius 1 is 1.26 bits per heavy atom. The van der Waals surface area contributed by atoms with Gasteiger partial charge >= 0.3 is 6.18 Å². The fraction of sp³-hybridized carbons (Fsp3) is 0.556. The van der Waals surface area contributed by atoms with Gasteiger partial charge in [0, 0.05) is 25.9 Å². The van der Waals surface area contributed by atoms with Gasteiger partial charge in [0.15, 0.2) is 0 Å². The maximum atomic E-state index is 12.8. The number of amides is 2. The molecule has 3 N–H and O–H groups in total. The summed E-state index contributed by atoms with van der Waals surface area (Å²) in [7, 11) is 0. The lowest BCUT2D eigenvalue weighted by Crippen LogP contribution is -2.46. The second kappa shape index (κ2) is 16.6. The number of nitrogens with zero attached hydrogens (tertiary/aromatic N) is 3. The number of aliphatic hydroxyl groups excluding tert-OH is 1. The van der Waals surface area contributed by atoms with E-state index in [0.717, 1.165) is 31.1 Å². The Morgan fingerprint density at radius 3 is 2.39 bits per heavy atom. The summed E-state index contributed by atoms with van der Waals surface area (Å²) in [5.74, 6) is 1.15. The number of anilines is 2. The maximum Gasteiger partial charge on any atom is 0.408 e. The summed E-state index contributed by atoms with van der Waals surface area (Å²) >= 11 is 0. The number of hydrogen-bond donors (Lipinski definition) is 3. The second-order valence-corrected chi connectivity index (χ2v) is 9.50. The van der Waals surface area contributed by atoms with Crippen molar-refractivity contribution in [3.63, 3.8) is 0 Å². The quantitative estimate of drug-likeness (QED) is 0.409.